The number of hydrogen-bond donors (Lipinski definition) is 4. The minimum Gasteiger partial charge on any atom is -0.480 e. The predicted octanol–water partition coefficient (Wildman–Crippen LogP) is 1.38. The molecule has 0 saturated carbocycles. The summed E-state index contributed by atoms with van der Waals surface area (Å²) in [7, 11) is 0. The molecular formula is C16H16N2O4. The second-order valence-corrected chi connectivity index (χ2v) is 4.75. The number of carbonyl (C=O) groups excluding carboxylic acids is 1. The van der Waals surface area contributed by atoms with Crippen LogP contribution in [0.15, 0.2) is 54.6 Å². The van der Waals surface area contributed by atoms with E-state index in [2.05, 4.69) is 5.32 Å². The minimum atomic E-state index is -1.43. The zero-order chi connectivity index (χ0) is 16.1. The van der Waals surface area contributed by atoms with Crippen LogP contribution in [0.3, 0.4) is 0 Å². The summed E-state index contributed by atoms with van der Waals surface area (Å²) in [5.74, 6) is -1.60. The molecule has 2 aromatic carbocycles. The van der Waals surface area contributed by atoms with Crippen LogP contribution in [-0.4, -0.2) is 28.1 Å². The Morgan fingerprint density at radius 2 is 1.73 bits per heavy atom. The fourth-order valence-electron chi connectivity index (χ4n) is 1.94. The number of nitrogens with one attached hydrogen (secondary N) is 1. The first-order valence-corrected chi connectivity index (χ1v) is 6.62. The van der Waals surface area contributed by atoms with Crippen molar-refractivity contribution in [2.75, 3.05) is 5.32 Å². The van der Waals surface area contributed by atoms with Gasteiger partial charge in [0, 0.05) is 11.3 Å². The van der Waals surface area contributed by atoms with Crippen molar-refractivity contribution in [1.29, 1.82) is 0 Å². The van der Waals surface area contributed by atoms with E-state index in [1.165, 1.54) is 6.07 Å². The average molecular weight is 300 g/mol. The summed E-state index contributed by atoms with van der Waals surface area (Å²) >= 11 is 0. The van der Waals surface area contributed by atoms with Gasteiger partial charge in [0.15, 0.2) is 0 Å². The van der Waals surface area contributed by atoms with Gasteiger partial charge in [0.1, 0.15) is 12.1 Å². The summed E-state index contributed by atoms with van der Waals surface area (Å²) in [5, 5.41) is 21.4. The molecule has 22 heavy (non-hydrogen) atoms. The van der Waals surface area contributed by atoms with Crippen LogP contribution >= 0.6 is 0 Å². The molecule has 5 N–H and O–H groups in total. The fraction of sp³-hybridized carbons (Fsp3) is 0.125. The van der Waals surface area contributed by atoms with Gasteiger partial charge in [-0.25, -0.2) is 0 Å². The number of amides is 1. The molecule has 2 aromatic rings. The maximum atomic E-state index is 12.0. The van der Waals surface area contributed by atoms with Gasteiger partial charge in [0.2, 0.25) is 0 Å². The van der Waals surface area contributed by atoms with E-state index in [4.69, 9.17) is 10.8 Å². The molecule has 114 valence electrons. The van der Waals surface area contributed by atoms with Crippen LogP contribution in [0.2, 0.25) is 0 Å². The molecule has 0 bridgehead atoms. The molecule has 0 spiro atoms. The van der Waals surface area contributed by atoms with Crippen LogP contribution in [0.25, 0.3) is 0 Å². The number of nitrogens with two attached hydrogens (primary N) is 1. The summed E-state index contributed by atoms with van der Waals surface area (Å²) in [4.78, 5) is 22.9. The van der Waals surface area contributed by atoms with Crippen LogP contribution in [0.4, 0.5) is 5.69 Å². The van der Waals surface area contributed by atoms with Crippen molar-refractivity contribution in [3.63, 3.8) is 0 Å². The molecule has 0 unspecified atom stereocenters. The van der Waals surface area contributed by atoms with Crippen molar-refractivity contribution in [3.05, 3.63) is 65.7 Å². The van der Waals surface area contributed by atoms with E-state index < -0.39 is 18.1 Å². The molecule has 0 heterocycles. The first kappa shape index (κ1) is 15.7. The third kappa shape index (κ3) is 3.69. The number of hydrogen-bond acceptors (Lipinski definition) is 4. The molecule has 1 amide bonds. The molecule has 6 heteroatoms. The molecule has 0 aromatic heterocycles. The summed E-state index contributed by atoms with van der Waals surface area (Å²) in [6, 6.07) is 13.5. The van der Waals surface area contributed by atoms with Crippen molar-refractivity contribution in [2.45, 2.75) is 12.1 Å². The van der Waals surface area contributed by atoms with Gasteiger partial charge < -0.3 is 21.3 Å². The Morgan fingerprint density at radius 1 is 1.05 bits per heavy atom. The van der Waals surface area contributed by atoms with Gasteiger partial charge in [0.25, 0.3) is 5.91 Å². The molecule has 0 radical (unpaired) electrons. The molecule has 2 rings (SSSR count). The van der Waals surface area contributed by atoms with Crippen LogP contribution in [0, 0.1) is 0 Å². The first-order valence-electron chi connectivity index (χ1n) is 6.62. The molecular weight excluding hydrogens is 284 g/mol. The van der Waals surface area contributed by atoms with E-state index in [1.54, 1.807) is 48.5 Å². The zero-order valence-corrected chi connectivity index (χ0v) is 11.6. The number of carboxylic acid groups (broad SMARTS) is 1. The third-order valence-corrected chi connectivity index (χ3v) is 3.15. The number of aliphatic hydroxyl groups is 1. The Labute approximate surface area is 127 Å². The lowest BCUT2D eigenvalue weighted by Gasteiger charge is -2.16. The number of rotatable bonds is 5. The van der Waals surface area contributed by atoms with E-state index in [0.717, 1.165) is 0 Å². The average Bonchev–Trinajstić information content (AvgIpc) is 2.54. The van der Waals surface area contributed by atoms with Gasteiger partial charge in [-0.05, 0) is 29.8 Å². The van der Waals surface area contributed by atoms with Crippen molar-refractivity contribution in [3.8, 4) is 0 Å². The lowest BCUT2D eigenvalue weighted by atomic mass is 10.0. The molecule has 0 aliphatic rings. The highest BCUT2D eigenvalue weighted by Gasteiger charge is 2.23. The van der Waals surface area contributed by atoms with Crippen LogP contribution in [0.1, 0.15) is 22.0 Å². The lowest BCUT2D eigenvalue weighted by Crippen LogP contribution is -2.36. The van der Waals surface area contributed by atoms with Crippen molar-refractivity contribution < 1.29 is 19.8 Å². The van der Waals surface area contributed by atoms with Gasteiger partial charge in [-0.2, -0.15) is 0 Å². The van der Waals surface area contributed by atoms with Crippen LogP contribution in [-0.2, 0) is 4.79 Å². The highest BCUT2D eigenvalue weighted by atomic mass is 16.4. The largest absolute Gasteiger partial charge is 0.480 e. The molecule has 0 aliphatic heterocycles. The van der Waals surface area contributed by atoms with E-state index in [9.17, 15) is 14.7 Å². The Bertz CT molecular complexity index is 673. The highest BCUT2D eigenvalue weighted by Crippen LogP contribution is 2.20. The molecule has 0 aliphatic carbocycles. The van der Waals surface area contributed by atoms with Gasteiger partial charge >= 0.3 is 5.97 Å². The molecule has 0 fully saturated rings. The van der Waals surface area contributed by atoms with E-state index in [-0.39, 0.29) is 5.91 Å². The Balaban J connectivity index is 2.15. The standard InChI is InChI=1S/C16H16N2O4/c17-13(16(21)22)14(19)11-7-4-8-12(9-11)18-15(20)10-5-2-1-3-6-10/h1-9,13-14,19H,17H2,(H,18,20)(H,21,22)/t13-,14-/m0/s1. The third-order valence-electron chi connectivity index (χ3n) is 3.15. The second kappa shape index (κ2) is 6.84. The van der Waals surface area contributed by atoms with Gasteiger partial charge in [-0.15, -0.1) is 0 Å². The Morgan fingerprint density at radius 3 is 2.36 bits per heavy atom. The topological polar surface area (TPSA) is 113 Å². The van der Waals surface area contributed by atoms with Crippen molar-refractivity contribution in [1.82, 2.24) is 0 Å². The fourth-order valence-corrected chi connectivity index (χ4v) is 1.94. The molecule has 6 nitrogen and oxygen atoms in total. The van der Waals surface area contributed by atoms with E-state index in [1.807, 2.05) is 0 Å². The summed E-state index contributed by atoms with van der Waals surface area (Å²) in [6.45, 7) is 0. The van der Waals surface area contributed by atoms with Gasteiger partial charge in [-0.3, -0.25) is 9.59 Å². The summed E-state index contributed by atoms with van der Waals surface area (Å²) in [6.07, 6.45) is -1.36. The molecule has 0 saturated heterocycles. The van der Waals surface area contributed by atoms with Crippen LogP contribution < -0.4 is 11.1 Å². The summed E-state index contributed by atoms with van der Waals surface area (Å²) < 4.78 is 0. The number of aliphatic carboxylic acids is 1. The Hall–Kier alpha value is -2.70. The van der Waals surface area contributed by atoms with Crippen molar-refractivity contribution >= 4 is 17.6 Å². The van der Waals surface area contributed by atoms with E-state index >= 15 is 0 Å². The number of carbonyl (C=O) groups is 2. The second-order valence-electron chi connectivity index (χ2n) is 4.75. The maximum absolute atomic E-state index is 12.0. The highest BCUT2D eigenvalue weighted by molar-refractivity contribution is 6.04. The SMILES string of the molecule is N[C@H](C(=O)O)[C@@H](O)c1cccc(NC(=O)c2ccccc2)c1. The normalized spacial score (nSPS) is 13.2. The molecule has 2 atom stereocenters. The number of aliphatic hydroxyl groups excluding tert-OH is 1. The number of carboxylic acids is 1. The first-order chi connectivity index (χ1) is 10.5. The number of benzene rings is 2. The van der Waals surface area contributed by atoms with Crippen LogP contribution in [0.5, 0.6) is 0 Å². The quantitative estimate of drug-likeness (QED) is 0.666. The maximum Gasteiger partial charge on any atom is 0.323 e. The predicted molar refractivity (Wildman–Crippen MR) is 81.4 cm³/mol. The smallest absolute Gasteiger partial charge is 0.323 e. The monoisotopic (exact) mass is 300 g/mol. The van der Waals surface area contributed by atoms with Gasteiger partial charge in [0.05, 0.1) is 0 Å². The van der Waals surface area contributed by atoms with Crippen molar-refractivity contribution in [2.24, 2.45) is 5.73 Å². The zero-order valence-electron chi connectivity index (χ0n) is 11.6. The van der Waals surface area contributed by atoms with E-state index in [0.29, 0.717) is 16.8 Å². The van der Waals surface area contributed by atoms with Gasteiger partial charge in [-0.1, -0.05) is 30.3 Å². The minimum absolute atomic E-state index is 0.297. The number of anilines is 1. The summed E-state index contributed by atoms with van der Waals surface area (Å²) in [5.41, 5.74) is 6.66. The lowest BCUT2D eigenvalue weighted by molar-refractivity contribution is -0.141. The Kier molecular flexibility index (Phi) is 4.88.